The number of aromatic nitrogens is 3. The molecule has 0 saturated carbocycles. The number of carbonyl (C=O) groups excluding carboxylic acids is 1. The zero-order chi connectivity index (χ0) is 23.9. The molecule has 2 N–H and O–H groups in total. The highest BCUT2D eigenvalue weighted by Crippen LogP contribution is 2.21. The van der Waals surface area contributed by atoms with Crippen molar-refractivity contribution in [2.24, 2.45) is 0 Å². The third-order valence-corrected chi connectivity index (χ3v) is 5.43. The summed E-state index contributed by atoms with van der Waals surface area (Å²) in [6.45, 7) is 4.37. The molecule has 8 heteroatoms. The van der Waals surface area contributed by atoms with E-state index >= 15 is 0 Å². The second-order valence-corrected chi connectivity index (χ2v) is 7.95. The second-order valence-electron chi connectivity index (χ2n) is 7.95. The van der Waals surface area contributed by atoms with Gasteiger partial charge in [-0.05, 0) is 41.3 Å². The Hall–Kier alpha value is -4.35. The summed E-state index contributed by atoms with van der Waals surface area (Å²) in [5, 5.41) is 19.2. The Morgan fingerprint density at radius 3 is 2.44 bits per heavy atom. The fraction of sp³-hybridized carbons (Fsp3) is 0.192. The van der Waals surface area contributed by atoms with Crippen molar-refractivity contribution in [3.63, 3.8) is 0 Å². The van der Waals surface area contributed by atoms with E-state index < -0.39 is 6.04 Å². The molecule has 2 atom stereocenters. The Labute approximate surface area is 197 Å². The maximum Gasteiger partial charge on any atom is 0.247 e. The van der Waals surface area contributed by atoms with Crippen LogP contribution < -0.4 is 10.6 Å². The van der Waals surface area contributed by atoms with Gasteiger partial charge < -0.3 is 15.2 Å². The zero-order valence-electron chi connectivity index (χ0n) is 18.9. The first-order valence-corrected chi connectivity index (χ1v) is 10.9. The summed E-state index contributed by atoms with van der Waals surface area (Å²) in [6, 6.07) is 22.1. The van der Waals surface area contributed by atoms with E-state index in [1.165, 1.54) is 0 Å². The van der Waals surface area contributed by atoms with Crippen molar-refractivity contribution in [2.45, 2.75) is 25.8 Å². The topological polar surface area (TPSA) is 117 Å². The average molecular weight is 453 g/mol. The SMILES string of the molecule is Cc1nc(-c2ccc(NC(=O)C(NC[C@@H](C)c3ccc(C#N)cc3)c3ccccc3)nc2)no1. The van der Waals surface area contributed by atoms with Crippen molar-refractivity contribution in [1.82, 2.24) is 20.4 Å². The molecule has 0 bridgehead atoms. The van der Waals surface area contributed by atoms with Gasteiger partial charge in [0.2, 0.25) is 17.6 Å². The van der Waals surface area contributed by atoms with Gasteiger partial charge >= 0.3 is 0 Å². The standard InChI is InChI=1S/C26H24N6O2/c1-17(20-10-8-19(14-27)9-11-20)15-29-24(21-6-4-3-5-7-21)26(33)31-23-13-12-22(16-28-23)25-30-18(2)34-32-25/h3-13,16-17,24,29H,15H2,1-2H3,(H,28,31,33)/t17-,24?/m1/s1. The molecule has 0 aliphatic heterocycles. The lowest BCUT2D eigenvalue weighted by molar-refractivity contribution is -0.118. The van der Waals surface area contributed by atoms with Gasteiger partial charge in [0.25, 0.3) is 0 Å². The summed E-state index contributed by atoms with van der Waals surface area (Å²) in [5.41, 5.74) is 3.26. The zero-order valence-corrected chi connectivity index (χ0v) is 18.9. The molecule has 0 fully saturated rings. The summed E-state index contributed by atoms with van der Waals surface area (Å²) in [4.78, 5) is 21.7. The number of hydrogen-bond acceptors (Lipinski definition) is 7. The average Bonchev–Trinajstić information content (AvgIpc) is 3.31. The third kappa shape index (κ3) is 5.52. The molecule has 4 rings (SSSR count). The Bertz CT molecular complexity index is 1280. The normalized spacial score (nSPS) is 12.5. The maximum atomic E-state index is 13.2. The van der Waals surface area contributed by atoms with Gasteiger partial charge in [0.15, 0.2) is 0 Å². The van der Waals surface area contributed by atoms with Crippen LogP contribution in [0.1, 0.15) is 41.5 Å². The van der Waals surface area contributed by atoms with Crippen LogP contribution in [0.25, 0.3) is 11.4 Å². The monoisotopic (exact) mass is 452 g/mol. The quantitative estimate of drug-likeness (QED) is 0.407. The van der Waals surface area contributed by atoms with Crippen molar-refractivity contribution in [3.8, 4) is 17.5 Å². The lowest BCUT2D eigenvalue weighted by Gasteiger charge is -2.21. The van der Waals surface area contributed by atoms with E-state index in [0.29, 0.717) is 35.2 Å². The van der Waals surface area contributed by atoms with Gasteiger partial charge in [0.05, 0.1) is 11.6 Å². The van der Waals surface area contributed by atoms with Gasteiger partial charge in [-0.1, -0.05) is 54.5 Å². The summed E-state index contributed by atoms with van der Waals surface area (Å²) in [6.07, 6.45) is 1.60. The molecule has 0 saturated heterocycles. The number of nitriles is 1. The third-order valence-electron chi connectivity index (χ3n) is 5.43. The lowest BCUT2D eigenvalue weighted by atomic mass is 9.98. The number of pyridine rings is 1. The molecule has 4 aromatic rings. The van der Waals surface area contributed by atoms with E-state index in [9.17, 15) is 4.79 Å². The Kier molecular flexibility index (Phi) is 7.06. The van der Waals surface area contributed by atoms with Crippen LogP contribution in [0.15, 0.2) is 77.4 Å². The molecular formula is C26H24N6O2. The fourth-order valence-electron chi connectivity index (χ4n) is 3.52. The first-order chi connectivity index (χ1) is 16.5. The smallest absolute Gasteiger partial charge is 0.247 e. The number of hydrogen-bond donors (Lipinski definition) is 2. The highest BCUT2D eigenvalue weighted by Gasteiger charge is 2.22. The first-order valence-electron chi connectivity index (χ1n) is 10.9. The van der Waals surface area contributed by atoms with Crippen LogP contribution in [-0.4, -0.2) is 27.6 Å². The van der Waals surface area contributed by atoms with Crippen LogP contribution in [0.3, 0.4) is 0 Å². The molecule has 1 unspecified atom stereocenters. The molecule has 2 heterocycles. The molecule has 0 aliphatic rings. The van der Waals surface area contributed by atoms with Crippen LogP contribution in [0, 0.1) is 18.3 Å². The van der Waals surface area contributed by atoms with Gasteiger partial charge in [0, 0.05) is 25.2 Å². The number of aryl methyl sites for hydroxylation is 1. The van der Waals surface area contributed by atoms with E-state index in [1.807, 2.05) is 42.5 Å². The first kappa shape index (κ1) is 22.8. The number of amides is 1. The van der Waals surface area contributed by atoms with Crippen molar-refractivity contribution >= 4 is 11.7 Å². The predicted molar refractivity (Wildman–Crippen MR) is 128 cm³/mol. The number of anilines is 1. The molecule has 0 aliphatic carbocycles. The van der Waals surface area contributed by atoms with Gasteiger partial charge in [-0.25, -0.2) is 4.98 Å². The molecule has 34 heavy (non-hydrogen) atoms. The van der Waals surface area contributed by atoms with E-state index in [1.54, 1.807) is 37.4 Å². The van der Waals surface area contributed by atoms with Crippen molar-refractivity contribution in [2.75, 3.05) is 11.9 Å². The van der Waals surface area contributed by atoms with Crippen LogP contribution in [-0.2, 0) is 4.79 Å². The molecule has 2 aromatic heterocycles. The molecule has 8 nitrogen and oxygen atoms in total. The van der Waals surface area contributed by atoms with Crippen molar-refractivity contribution in [1.29, 1.82) is 5.26 Å². The molecule has 0 spiro atoms. The number of benzene rings is 2. The van der Waals surface area contributed by atoms with Crippen LogP contribution >= 0.6 is 0 Å². The van der Waals surface area contributed by atoms with Crippen LogP contribution in [0.5, 0.6) is 0 Å². The van der Waals surface area contributed by atoms with Crippen LogP contribution in [0.2, 0.25) is 0 Å². The minimum atomic E-state index is -0.566. The number of nitrogens with one attached hydrogen (secondary N) is 2. The summed E-state index contributed by atoms with van der Waals surface area (Å²) in [7, 11) is 0. The van der Waals surface area contributed by atoms with Crippen molar-refractivity contribution in [3.05, 3.63) is 95.5 Å². The fourth-order valence-corrected chi connectivity index (χ4v) is 3.52. The molecular weight excluding hydrogens is 428 g/mol. The number of nitrogens with zero attached hydrogens (tertiary/aromatic N) is 4. The van der Waals surface area contributed by atoms with E-state index in [0.717, 1.165) is 11.1 Å². The minimum Gasteiger partial charge on any atom is -0.339 e. The maximum absolute atomic E-state index is 13.2. The summed E-state index contributed by atoms with van der Waals surface area (Å²) in [5.74, 6) is 1.27. The predicted octanol–water partition coefficient (Wildman–Crippen LogP) is 4.38. The molecule has 170 valence electrons. The van der Waals surface area contributed by atoms with E-state index in [4.69, 9.17) is 9.78 Å². The van der Waals surface area contributed by atoms with Crippen molar-refractivity contribution < 1.29 is 9.32 Å². The highest BCUT2D eigenvalue weighted by molar-refractivity contribution is 5.94. The second kappa shape index (κ2) is 10.5. The molecule has 2 aromatic carbocycles. The Morgan fingerprint density at radius 2 is 1.82 bits per heavy atom. The van der Waals surface area contributed by atoms with E-state index in [2.05, 4.69) is 38.8 Å². The van der Waals surface area contributed by atoms with Gasteiger partial charge in [0.1, 0.15) is 11.9 Å². The van der Waals surface area contributed by atoms with Gasteiger partial charge in [-0.3, -0.25) is 4.79 Å². The largest absolute Gasteiger partial charge is 0.339 e. The molecule has 0 radical (unpaired) electrons. The van der Waals surface area contributed by atoms with Gasteiger partial charge in [-0.2, -0.15) is 10.2 Å². The number of carbonyl (C=O) groups is 1. The van der Waals surface area contributed by atoms with E-state index in [-0.39, 0.29) is 11.8 Å². The lowest BCUT2D eigenvalue weighted by Crippen LogP contribution is -2.35. The summed E-state index contributed by atoms with van der Waals surface area (Å²) < 4.78 is 5.00. The van der Waals surface area contributed by atoms with Gasteiger partial charge in [-0.15, -0.1) is 0 Å². The highest BCUT2D eigenvalue weighted by atomic mass is 16.5. The Morgan fingerprint density at radius 1 is 1.06 bits per heavy atom. The summed E-state index contributed by atoms with van der Waals surface area (Å²) >= 11 is 0. The number of rotatable bonds is 8. The Balaban J connectivity index is 1.46. The molecule has 1 amide bonds. The van der Waals surface area contributed by atoms with Crippen LogP contribution in [0.4, 0.5) is 5.82 Å². The minimum absolute atomic E-state index is 0.141.